The molecule has 0 amide bonds. The first kappa shape index (κ1) is 21.7. The van der Waals surface area contributed by atoms with Crippen molar-refractivity contribution in [3.63, 3.8) is 0 Å². The lowest BCUT2D eigenvalue weighted by molar-refractivity contribution is -0.121. The summed E-state index contributed by atoms with van der Waals surface area (Å²) in [5, 5.41) is 13.9. The molecule has 1 fully saturated rings. The minimum atomic E-state index is -0.523. The highest BCUT2D eigenvalue weighted by atomic mass is 79.9. The number of nitrogens with zero attached hydrogens (tertiary/aromatic N) is 2. The number of aliphatic hydroxyl groups is 1. The number of carbonyl (C=O) groups excluding carboxylic acids is 1. The molecule has 2 aromatic heterocycles. The van der Waals surface area contributed by atoms with Gasteiger partial charge in [0.15, 0.2) is 5.78 Å². The van der Waals surface area contributed by atoms with Crippen LogP contribution in [-0.4, -0.2) is 39.1 Å². The third-order valence-corrected chi connectivity index (χ3v) is 4.69. The number of fused-ring (bicyclic) bond motifs is 3. The van der Waals surface area contributed by atoms with Gasteiger partial charge in [-0.25, -0.2) is 4.98 Å². The summed E-state index contributed by atoms with van der Waals surface area (Å²) in [6.45, 7) is 0.713. The normalized spacial score (nSPS) is 19.4. The van der Waals surface area contributed by atoms with E-state index in [1.165, 1.54) is 10.9 Å². The Bertz CT molecular complexity index is 1000. The number of halogens is 2. The predicted octanol–water partition coefficient (Wildman–Crippen LogP) is 2.37. The van der Waals surface area contributed by atoms with Gasteiger partial charge in [-0.15, -0.1) is 34.0 Å². The second kappa shape index (κ2) is 9.09. The molecular formula is C18H21Br2N3O4. The molecule has 3 aromatic rings. The standard InChI is InChI=1S/C18H19N3O4.2BrH/c22-11(8-13-14(23)5-3-7-19-13)9-21-10-20-16-12-4-1-2-6-15(12)25-17(16)18(21)24;;/h1-2,4,6,10,13-14,19,23H,3,5,7-9H2;2*1H. The van der Waals surface area contributed by atoms with Crippen LogP contribution < -0.4 is 10.9 Å². The molecule has 1 aliphatic heterocycles. The van der Waals surface area contributed by atoms with Gasteiger partial charge in [0.05, 0.1) is 19.0 Å². The number of aliphatic hydroxyl groups excluding tert-OH is 1. The summed E-state index contributed by atoms with van der Waals surface area (Å²) in [5.41, 5.74) is 0.897. The number of ketones is 1. The minimum absolute atomic E-state index is 0. The number of aromatic nitrogens is 2. The highest BCUT2D eigenvalue weighted by Gasteiger charge is 2.25. The van der Waals surface area contributed by atoms with Gasteiger partial charge in [0.2, 0.25) is 5.58 Å². The number of hydrogen-bond acceptors (Lipinski definition) is 6. The molecule has 0 aliphatic carbocycles. The first-order chi connectivity index (χ1) is 12.1. The largest absolute Gasteiger partial charge is 0.448 e. The van der Waals surface area contributed by atoms with Gasteiger partial charge in [-0.1, -0.05) is 12.1 Å². The van der Waals surface area contributed by atoms with Gasteiger partial charge in [0.1, 0.15) is 11.1 Å². The molecule has 0 bridgehead atoms. The molecule has 2 atom stereocenters. The summed E-state index contributed by atoms with van der Waals surface area (Å²) >= 11 is 0. The Morgan fingerprint density at radius 3 is 2.89 bits per heavy atom. The van der Waals surface area contributed by atoms with Crippen molar-refractivity contribution in [3.05, 3.63) is 40.9 Å². The van der Waals surface area contributed by atoms with Crippen molar-refractivity contribution >= 4 is 61.8 Å². The zero-order chi connectivity index (χ0) is 17.4. The smallest absolute Gasteiger partial charge is 0.297 e. The number of piperidine rings is 1. The van der Waals surface area contributed by atoms with Gasteiger partial charge in [-0.05, 0) is 31.5 Å². The van der Waals surface area contributed by atoms with Crippen molar-refractivity contribution in [2.75, 3.05) is 6.54 Å². The van der Waals surface area contributed by atoms with Crippen LogP contribution in [-0.2, 0) is 11.3 Å². The molecule has 1 aliphatic rings. The van der Waals surface area contributed by atoms with Gasteiger partial charge in [0, 0.05) is 17.8 Å². The van der Waals surface area contributed by atoms with E-state index in [1.54, 1.807) is 6.07 Å². The molecule has 2 N–H and O–H groups in total. The van der Waals surface area contributed by atoms with E-state index in [4.69, 9.17) is 4.42 Å². The molecular weight excluding hydrogens is 482 g/mol. The summed E-state index contributed by atoms with van der Waals surface area (Å²) in [6.07, 6.45) is 2.64. The third-order valence-electron chi connectivity index (χ3n) is 4.69. The highest BCUT2D eigenvalue weighted by molar-refractivity contribution is 8.93. The Hall–Kier alpha value is -1.55. The monoisotopic (exact) mass is 501 g/mol. The number of benzene rings is 1. The maximum absolute atomic E-state index is 12.6. The van der Waals surface area contributed by atoms with Crippen molar-refractivity contribution in [1.29, 1.82) is 0 Å². The van der Waals surface area contributed by atoms with E-state index in [9.17, 15) is 14.7 Å². The summed E-state index contributed by atoms with van der Waals surface area (Å²) < 4.78 is 6.88. The highest BCUT2D eigenvalue weighted by Crippen LogP contribution is 2.24. The van der Waals surface area contributed by atoms with Gasteiger partial charge >= 0.3 is 0 Å². The van der Waals surface area contributed by atoms with Crippen LogP contribution in [0.3, 0.4) is 0 Å². The summed E-state index contributed by atoms with van der Waals surface area (Å²) in [5.74, 6) is -0.127. The van der Waals surface area contributed by atoms with Crippen LogP contribution in [0.2, 0.25) is 0 Å². The van der Waals surface area contributed by atoms with Crippen LogP contribution in [0, 0.1) is 0 Å². The predicted molar refractivity (Wildman–Crippen MR) is 113 cm³/mol. The van der Waals surface area contributed by atoms with E-state index in [1.807, 2.05) is 18.2 Å². The van der Waals surface area contributed by atoms with Gasteiger partial charge in [0.25, 0.3) is 5.56 Å². The van der Waals surface area contributed by atoms with E-state index in [2.05, 4.69) is 10.3 Å². The Balaban J connectivity index is 0.00000131. The topological polar surface area (TPSA) is 97.4 Å². The third kappa shape index (κ3) is 4.31. The van der Waals surface area contributed by atoms with Crippen LogP contribution in [0.25, 0.3) is 22.1 Å². The van der Waals surface area contributed by atoms with Crippen molar-refractivity contribution in [2.24, 2.45) is 0 Å². The fraction of sp³-hybridized carbons (Fsp3) is 0.389. The van der Waals surface area contributed by atoms with Gasteiger partial charge < -0.3 is 14.8 Å². The molecule has 146 valence electrons. The number of para-hydroxylation sites is 1. The van der Waals surface area contributed by atoms with E-state index in [0.29, 0.717) is 17.5 Å². The first-order valence-corrected chi connectivity index (χ1v) is 8.43. The lowest BCUT2D eigenvalue weighted by atomic mass is 9.97. The number of hydrogen-bond donors (Lipinski definition) is 2. The average molecular weight is 503 g/mol. The van der Waals surface area contributed by atoms with Crippen molar-refractivity contribution < 1.29 is 14.3 Å². The lowest BCUT2D eigenvalue weighted by Crippen LogP contribution is -2.46. The van der Waals surface area contributed by atoms with Crippen molar-refractivity contribution in [3.8, 4) is 0 Å². The van der Waals surface area contributed by atoms with Crippen LogP contribution in [0.1, 0.15) is 19.3 Å². The number of furan rings is 1. The quantitative estimate of drug-likeness (QED) is 0.568. The van der Waals surface area contributed by atoms with Gasteiger partial charge in [-0.2, -0.15) is 0 Å². The molecule has 3 heterocycles. The average Bonchev–Trinajstić information content (AvgIpc) is 2.99. The molecule has 9 heteroatoms. The fourth-order valence-corrected chi connectivity index (χ4v) is 3.37. The Labute approximate surface area is 176 Å². The summed E-state index contributed by atoms with van der Waals surface area (Å²) in [7, 11) is 0. The maximum atomic E-state index is 12.6. The van der Waals surface area contributed by atoms with Gasteiger partial charge in [-0.3, -0.25) is 14.2 Å². The number of rotatable bonds is 4. The maximum Gasteiger partial charge on any atom is 0.297 e. The first-order valence-electron chi connectivity index (χ1n) is 8.43. The molecule has 0 saturated carbocycles. The number of nitrogens with one attached hydrogen (secondary N) is 1. The van der Waals surface area contributed by atoms with E-state index >= 15 is 0 Å². The molecule has 1 saturated heterocycles. The van der Waals surface area contributed by atoms with E-state index in [-0.39, 0.29) is 69.9 Å². The minimum Gasteiger partial charge on any atom is -0.448 e. The molecule has 27 heavy (non-hydrogen) atoms. The summed E-state index contributed by atoms with van der Waals surface area (Å²) in [4.78, 5) is 29.2. The Morgan fingerprint density at radius 1 is 1.33 bits per heavy atom. The van der Waals surface area contributed by atoms with Crippen molar-refractivity contribution in [1.82, 2.24) is 14.9 Å². The molecule has 4 rings (SSSR count). The number of carbonyl (C=O) groups is 1. The van der Waals surface area contributed by atoms with Crippen LogP contribution in [0.4, 0.5) is 0 Å². The number of Topliss-reactive ketones (excluding diaryl/α,β-unsaturated/α-hetero) is 1. The second-order valence-corrected chi connectivity index (χ2v) is 6.47. The fourth-order valence-electron chi connectivity index (χ4n) is 3.37. The molecule has 7 nitrogen and oxygen atoms in total. The molecule has 0 radical (unpaired) electrons. The van der Waals surface area contributed by atoms with Crippen LogP contribution in [0.5, 0.6) is 0 Å². The molecule has 0 spiro atoms. The second-order valence-electron chi connectivity index (χ2n) is 6.47. The van der Waals surface area contributed by atoms with Crippen LogP contribution in [0.15, 0.2) is 39.8 Å². The zero-order valence-electron chi connectivity index (χ0n) is 14.5. The SMILES string of the molecule is Br.Br.O=C(CC1NCCCC1O)Cn1cnc2c(oc3ccccc32)c1=O. The molecule has 2 unspecified atom stereocenters. The zero-order valence-corrected chi connectivity index (χ0v) is 17.9. The van der Waals surface area contributed by atoms with E-state index < -0.39 is 6.10 Å². The van der Waals surface area contributed by atoms with Crippen molar-refractivity contribution in [2.45, 2.75) is 38.0 Å². The van der Waals surface area contributed by atoms with Crippen LogP contribution >= 0.6 is 34.0 Å². The molecule has 1 aromatic carbocycles. The summed E-state index contributed by atoms with van der Waals surface area (Å²) in [6, 6.07) is 7.06. The van der Waals surface area contributed by atoms with E-state index in [0.717, 1.165) is 18.4 Å². The lowest BCUT2D eigenvalue weighted by Gasteiger charge is -2.28. The Morgan fingerprint density at radius 2 is 2.11 bits per heavy atom. The Kier molecular flexibility index (Phi) is 7.32.